The van der Waals surface area contributed by atoms with Crippen LogP contribution in [0.15, 0.2) is 24.3 Å². The molecule has 0 aliphatic carbocycles. The molecule has 1 atom stereocenters. The van der Waals surface area contributed by atoms with Crippen LogP contribution in [0.4, 0.5) is 16.2 Å². The number of carbonyl (C=O) groups is 3. The standard InChI is InChI=1S/C13H15N3O4/c1-2-8(12(18)19)15-13(20)16-7-11(17)14-9-5-3-4-6-10(9)16/h3-6,8H,2,7H2,1H3,(H,14,17)(H,15,20)(H,18,19)/t8-/m1/s1. The number of para-hydroxylation sites is 2. The molecule has 1 aromatic rings. The van der Waals surface area contributed by atoms with E-state index in [1.165, 1.54) is 4.90 Å². The average molecular weight is 277 g/mol. The van der Waals surface area contributed by atoms with E-state index >= 15 is 0 Å². The van der Waals surface area contributed by atoms with Crippen molar-refractivity contribution in [3.8, 4) is 0 Å². The second kappa shape index (κ2) is 5.60. The molecule has 0 radical (unpaired) electrons. The predicted octanol–water partition coefficient (Wildman–Crippen LogP) is 1.02. The van der Waals surface area contributed by atoms with E-state index in [4.69, 9.17) is 5.11 Å². The molecule has 0 saturated carbocycles. The second-order valence-electron chi connectivity index (χ2n) is 4.40. The minimum Gasteiger partial charge on any atom is -0.480 e. The van der Waals surface area contributed by atoms with Gasteiger partial charge in [-0.25, -0.2) is 9.59 Å². The topological polar surface area (TPSA) is 98.7 Å². The number of carboxylic acids is 1. The fraction of sp³-hybridized carbons (Fsp3) is 0.308. The van der Waals surface area contributed by atoms with Crippen LogP contribution in [0.3, 0.4) is 0 Å². The van der Waals surface area contributed by atoms with Gasteiger partial charge in [0.25, 0.3) is 0 Å². The molecule has 1 aliphatic rings. The van der Waals surface area contributed by atoms with Crippen molar-refractivity contribution >= 4 is 29.3 Å². The summed E-state index contributed by atoms with van der Waals surface area (Å²) < 4.78 is 0. The Bertz CT molecular complexity index is 558. The molecule has 106 valence electrons. The number of amides is 3. The third-order valence-electron chi connectivity index (χ3n) is 3.02. The Morgan fingerprint density at radius 1 is 1.45 bits per heavy atom. The van der Waals surface area contributed by atoms with Crippen LogP contribution < -0.4 is 15.5 Å². The molecular formula is C13H15N3O4. The Labute approximate surface area is 115 Å². The van der Waals surface area contributed by atoms with Crippen LogP contribution in [0.1, 0.15) is 13.3 Å². The van der Waals surface area contributed by atoms with E-state index in [1.54, 1.807) is 31.2 Å². The van der Waals surface area contributed by atoms with Gasteiger partial charge >= 0.3 is 12.0 Å². The number of hydrogen-bond donors (Lipinski definition) is 3. The lowest BCUT2D eigenvalue weighted by molar-refractivity contribution is -0.139. The number of benzene rings is 1. The van der Waals surface area contributed by atoms with E-state index in [1.807, 2.05) is 0 Å². The number of fused-ring (bicyclic) bond motifs is 1. The zero-order valence-corrected chi connectivity index (χ0v) is 10.9. The van der Waals surface area contributed by atoms with Crippen molar-refractivity contribution in [3.05, 3.63) is 24.3 Å². The number of hydrogen-bond acceptors (Lipinski definition) is 3. The summed E-state index contributed by atoms with van der Waals surface area (Å²) >= 11 is 0. The third kappa shape index (κ3) is 2.71. The predicted molar refractivity (Wildman–Crippen MR) is 72.7 cm³/mol. The molecule has 3 N–H and O–H groups in total. The fourth-order valence-electron chi connectivity index (χ4n) is 1.98. The molecule has 0 bridgehead atoms. The van der Waals surface area contributed by atoms with Crippen molar-refractivity contribution in [2.45, 2.75) is 19.4 Å². The summed E-state index contributed by atoms with van der Waals surface area (Å²) in [7, 11) is 0. The average Bonchev–Trinajstić information content (AvgIpc) is 2.43. The summed E-state index contributed by atoms with van der Waals surface area (Å²) in [5.74, 6) is -1.42. The van der Waals surface area contributed by atoms with E-state index < -0.39 is 18.0 Å². The molecule has 0 fully saturated rings. The minimum absolute atomic E-state index is 0.140. The Morgan fingerprint density at radius 3 is 2.80 bits per heavy atom. The van der Waals surface area contributed by atoms with Crippen LogP contribution in [-0.2, 0) is 9.59 Å². The van der Waals surface area contributed by atoms with Gasteiger partial charge in [-0.2, -0.15) is 0 Å². The highest BCUT2D eigenvalue weighted by Crippen LogP contribution is 2.28. The summed E-state index contributed by atoms with van der Waals surface area (Å²) in [5.41, 5.74) is 1.08. The van der Waals surface area contributed by atoms with E-state index in [0.717, 1.165) is 0 Å². The molecule has 20 heavy (non-hydrogen) atoms. The number of nitrogens with one attached hydrogen (secondary N) is 2. The quantitative estimate of drug-likeness (QED) is 0.768. The van der Waals surface area contributed by atoms with Crippen molar-refractivity contribution in [3.63, 3.8) is 0 Å². The van der Waals surface area contributed by atoms with Gasteiger partial charge in [0.1, 0.15) is 12.6 Å². The van der Waals surface area contributed by atoms with Gasteiger partial charge in [0.15, 0.2) is 0 Å². The van der Waals surface area contributed by atoms with Gasteiger partial charge in [-0.1, -0.05) is 19.1 Å². The van der Waals surface area contributed by atoms with Crippen LogP contribution in [0.25, 0.3) is 0 Å². The van der Waals surface area contributed by atoms with Gasteiger partial charge in [0, 0.05) is 0 Å². The second-order valence-corrected chi connectivity index (χ2v) is 4.40. The number of urea groups is 1. The SMILES string of the molecule is CC[C@@H](NC(=O)N1CC(=O)Nc2ccccc21)C(=O)O. The molecule has 0 saturated heterocycles. The molecule has 3 amide bonds. The van der Waals surface area contributed by atoms with E-state index in [0.29, 0.717) is 11.4 Å². The first kappa shape index (κ1) is 13.9. The van der Waals surface area contributed by atoms with Crippen molar-refractivity contribution in [2.75, 3.05) is 16.8 Å². The third-order valence-corrected chi connectivity index (χ3v) is 3.02. The molecule has 0 spiro atoms. The highest BCUT2D eigenvalue weighted by atomic mass is 16.4. The Balaban J connectivity index is 2.22. The Morgan fingerprint density at radius 2 is 2.15 bits per heavy atom. The van der Waals surface area contributed by atoms with Crippen LogP contribution in [0.5, 0.6) is 0 Å². The van der Waals surface area contributed by atoms with E-state index in [9.17, 15) is 14.4 Å². The number of carboxylic acid groups (broad SMARTS) is 1. The maximum Gasteiger partial charge on any atom is 0.326 e. The van der Waals surface area contributed by atoms with Gasteiger partial charge in [-0.15, -0.1) is 0 Å². The largest absolute Gasteiger partial charge is 0.480 e. The van der Waals surface area contributed by atoms with Crippen LogP contribution in [0, 0.1) is 0 Å². The number of carbonyl (C=O) groups excluding carboxylic acids is 2. The lowest BCUT2D eigenvalue weighted by Gasteiger charge is -2.30. The molecule has 1 heterocycles. The van der Waals surface area contributed by atoms with Crippen LogP contribution in [-0.4, -0.2) is 35.6 Å². The molecule has 0 aromatic heterocycles. The zero-order chi connectivity index (χ0) is 14.7. The van der Waals surface area contributed by atoms with Crippen molar-refractivity contribution < 1.29 is 19.5 Å². The molecular weight excluding hydrogens is 262 g/mol. The maximum atomic E-state index is 12.2. The first-order valence-corrected chi connectivity index (χ1v) is 6.22. The highest BCUT2D eigenvalue weighted by Gasteiger charge is 2.28. The number of anilines is 2. The Kier molecular flexibility index (Phi) is 3.88. The smallest absolute Gasteiger partial charge is 0.326 e. The highest BCUT2D eigenvalue weighted by molar-refractivity contribution is 6.09. The number of nitrogens with zero attached hydrogens (tertiary/aromatic N) is 1. The molecule has 1 aliphatic heterocycles. The first-order valence-electron chi connectivity index (χ1n) is 6.22. The molecule has 1 aromatic carbocycles. The zero-order valence-electron chi connectivity index (χ0n) is 10.9. The molecule has 7 nitrogen and oxygen atoms in total. The fourth-order valence-corrected chi connectivity index (χ4v) is 1.98. The summed E-state index contributed by atoms with van der Waals surface area (Å²) in [4.78, 5) is 35.9. The maximum absolute atomic E-state index is 12.2. The lowest BCUT2D eigenvalue weighted by atomic mass is 10.2. The van der Waals surface area contributed by atoms with Gasteiger partial charge < -0.3 is 15.7 Å². The van der Waals surface area contributed by atoms with E-state index in [-0.39, 0.29) is 18.9 Å². The Hall–Kier alpha value is -2.57. The first-order chi connectivity index (χ1) is 9.52. The lowest BCUT2D eigenvalue weighted by Crippen LogP contribution is -2.51. The monoisotopic (exact) mass is 277 g/mol. The van der Waals surface area contributed by atoms with Crippen molar-refractivity contribution in [2.24, 2.45) is 0 Å². The number of aliphatic carboxylic acids is 1. The summed E-state index contributed by atoms with van der Waals surface area (Å²) in [6, 6.07) is 5.29. The van der Waals surface area contributed by atoms with Gasteiger partial charge in [-0.3, -0.25) is 9.69 Å². The van der Waals surface area contributed by atoms with Gasteiger partial charge in [-0.05, 0) is 18.6 Å². The van der Waals surface area contributed by atoms with Crippen molar-refractivity contribution in [1.29, 1.82) is 0 Å². The normalized spacial score (nSPS) is 15.1. The minimum atomic E-state index is -1.10. The van der Waals surface area contributed by atoms with Crippen molar-refractivity contribution in [1.82, 2.24) is 5.32 Å². The van der Waals surface area contributed by atoms with Crippen LogP contribution in [0.2, 0.25) is 0 Å². The summed E-state index contributed by atoms with van der Waals surface area (Å²) in [6.07, 6.45) is 0.267. The van der Waals surface area contributed by atoms with Crippen LogP contribution >= 0.6 is 0 Å². The summed E-state index contributed by atoms with van der Waals surface area (Å²) in [5, 5.41) is 14.0. The van der Waals surface area contributed by atoms with Gasteiger partial charge in [0.2, 0.25) is 5.91 Å². The summed E-state index contributed by atoms with van der Waals surface area (Å²) in [6.45, 7) is 1.52. The van der Waals surface area contributed by atoms with E-state index in [2.05, 4.69) is 10.6 Å². The van der Waals surface area contributed by atoms with Gasteiger partial charge in [0.05, 0.1) is 11.4 Å². The molecule has 0 unspecified atom stereocenters. The number of rotatable bonds is 3. The molecule has 7 heteroatoms. The molecule has 2 rings (SSSR count).